The average Bonchev–Trinajstić information content (AvgIpc) is 3.30. The zero-order chi connectivity index (χ0) is 17.9. The molecule has 134 valence electrons. The van der Waals surface area contributed by atoms with E-state index in [9.17, 15) is 9.18 Å². The van der Waals surface area contributed by atoms with E-state index in [0.29, 0.717) is 17.2 Å². The van der Waals surface area contributed by atoms with Gasteiger partial charge < -0.3 is 4.74 Å². The van der Waals surface area contributed by atoms with Gasteiger partial charge in [-0.25, -0.2) is 9.37 Å². The van der Waals surface area contributed by atoms with E-state index >= 15 is 0 Å². The number of aromatic nitrogens is 1. The number of halogens is 1. The number of thiazole rings is 1. The van der Waals surface area contributed by atoms with Crippen LogP contribution >= 0.6 is 11.3 Å². The zero-order valence-electron chi connectivity index (χ0n) is 14.2. The number of ether oxygens (including phenoxy) is 1. The highest BCUT2D eigenvalue weighted by Crippen LogP contribution is 2.30. The Balaban J connectivity index is 1.63. The number of rotatable bonds is 5. The molecule has 4 rings (SSSR count). The van der Waals surface area contributed by atoms with E-state index in [1.807, 2.05) is 24.3 Å². The van der Waals surface area contributed by atoms with Gasteiger partial charge in [-0.1, -0.05) is 41.7 Å². The second kappa shape index (κ2) is 7.51. The number of benzene rings is 2. The van der Waals surface area contributed by atoms with Crippen molar-refractivity contribution in [2.75, 3.05) is 18.1 Å². The van der Waals surface area contributed by atoms with Crippen LogP contribution in [0.3, 0.4) is 0 Å². The SMILES string of the molecule is O=C(Cc1ccccc1F)N(C[C@H]1CCCO1)c1nc2ccccc2s1. The molecule has 1 aromatic heterocycles. The topological polar surface area (TPSA) is 42.4 Å². The molecule has 0 bridgehead atoms. The molecule has 1 aliphatic rings. The molecule has 1 fully saturated rings. The average molecular weight is 370 g/mol. The molecule has 2 heterocycles. The van der Waals surface area contributed by atoms with E-state index in [1.54, 1.807) is 23.1 Å². The van der Waals surface area contributed by atoms with Gasteiger partial charge in [-0.15, -0.1) is 0 Å². The summed E-state index contributed by atoms with van der Waals surface area (Å²) in [6.07, 6.45) is 1.94. The fourth-order valence-corrected chi connectivity index (χ4v) is 4.15. The van der Waals surface area contributed by atoms with E-state index in [4.69, 9.17) is 4.74 Å². The van der Waals surface area contributed by atoms with Gasteiger partial charge >= 0.3 is 0 Å². The summed E-state index contributed by atoms with van der Waals surface area (Å²) in [6, 6.07) is 14.2. The fraction of sp³-hybridized carbons (Fsp3) is 0.300. The second-order valence-corrected chi connectivity index (χ2v) is 7.38. The molecule has 1 saturated heterocycles. The van der Waals surface area contributed by atoms with Crippen molar-refractivity contribution in [1.82, 2.24) is 4.98 Å². The predicted molar refractivity (Wildman–Crippen MR) is 101 cm³/mol. The van der Waals surface area contributed by atoms with Crippen molar-refractivity contribution >= 4 is 32.6 Å². The van der Waals surface area contributed by atoms with E-state index in [-0.39, 0.29) is 24.2 Å². The molecule has 0 aliphatic carbocycles. The number of hydrogen-bond donors (Lipinski definition) is 0. The molecule has 2 aromatic carbocycles. The van der Waals surface area contributed by atoms with Gasteiger partial charge in [0.15, 0.2) is 5.13 Å². The number of fused-ring (bicyclic) bond motifs is 1. The van der Waals surface area contributed by atoms with Crippen molar-refractivity contribution in [2.24, 2.45) is 0 Å². The molecule has 4 nitrogen and oxygen atoms in total. The summed E-state index contributed by atoms with van der Waals surface area (Å²) in [7, 11) is 0. The molecule has 3 aromatic rings. The Morgan fingerprint density at radius 1 is 1.23 bits per heavy atom. The Hall–Kier alpha value is -2.31. The quantitative estimate of drug-likeness (QED) is 0.676. The molecule has 1 atom stereocenters. The van der Waals surface area contributed by atoms with Crippen LogP contribution in [0.15, 0.2) is 48.5 Å². The maximum absolute atomic E-state index is 14.0. The molecule has 0 spiro atoms. The largest absolute Gasteiger partial charge is 0.376 e. The van der Waals surface area contributed by atoms with Gasteiger partial charge in [0.1, 0.15) is 5.82 Å². The van der Waals surface area contributed by atoms with Crippen LogP contribution in [0.2, 0.25) is 0 Å². The third-order valence-corrected chi connectivity index (χ3v) is 5.58. The standard InChI is InChI=1S/C20H19FN2O2S/c21-16-8-2-1-6-14(16)12-19(24)23(13-15-7-5-11-25-15)20-22-17-9-3-4-10-18(17)26-20/h1-4,6,8-10,15H,5,7,11-13H2/t15-/m1/s1. The molecule has 0 saturated carbocycles. The minimum Gasteiger partial charge on any atom is -0.376 e. The molecule has 0 unspecified atom stereocenters. The lowest BCUT2D eigenvalue weighted by atomic mass is 10.1. The first-order chi connectivity index (χ1) is 12.7. The first-order valence-electron chi connectivity index (χ1n) is 8.71. The first kappa shape index (κ1) is 17.1. The number of para-hydroxylation sites is 1. The van der Waals surface area contributed by atoms with Crippen LogP contribution in [0.1, 0.15) is 18.4 Å². The van der Waals surface area contributed by atoms with Crippen LogP contribution in [-0.4, -0.2) is 30.1 Å². The highest BCUT2D eigenvalue weighted by atomic mass is 32.1. The highest BCUT2D eigenvalue weighted by Gasteiger charge is 2.26. The highest BCUT2D eigenvalue weighted by molar-refractivity contribution is 7.22. The zero-order valence-corrected chi connectivity index (χ0v) is 15.0. The third kappa shape index (κ3) is 3.61. The Morgan fingerprint density at radius 2 is 2.04 bits per heavy atom. The monoisotopic (exact) mass is 370 g/mol. The number of carbonyl (C=O) groups is 1. The molecular weight excluding hydrogens is 351 g/mol. The molecule has 0 N–H and O–H groups in total. The van der Waals surface area contributed by atoms with Crippen molar-refractivity contribution < 1.29 is 13.9 Å². The van der Waals surface area contributed by atoms with Crippen LogP contribution in [0.25, 0.3) is 10.2 Å². The van der Waals surface area contributed by atoms with Crippen molar-refractivity contribution in [2.45, 2.75) is 25.4 Å². The van der Waals surface area contributed by atoms with Crippen molar-refractivity contribution in [1.29, 1.82) is 0 Å². The van der Waals surface area contributed by atoms with Gasteiger partial charge in [-0.2, -0.15) is 0 Å². The predicted octanol–water partition coefficient (Wildman–Crippen LogP) is 4.19. The Labute approximate surface area is 155 Å². The molecule has 1 aliphatic heterocycles. The first-order valence-corrected chi connectivity index (χ1v) is 9.53. The minimum absolute atomic E-state index is 0.00609. The van der Waals surface area contributed by atoms with Crippen LogP contribution in [0.5, 0.6) is 0 Å². The Bertz CT molecular complexity index is 888. The second-order valence-electron chi connectivity index (χ2n) is 6.37. The number of hydrogen-bond acceptors (Lipinski definition) is 4. The number of amides is 1. The summed E-state index contributed by atoms with van der Waals surface area (Å²) in [4.78, 5) is 19.3. The lowest BCUT2D eigenvalue weighted by Gasteiger charge is -2.23. The normalized spacial score (nSPS) is 16.9. The summed E-state index contributed by atoms with van der Waals surface area (Å²) in [6.45, 7) is 1.17. The number of anilines is 1. The van der Waals surface area contributed by atoms with Gasteiger partial charge in [-0.05, 0) is 36.6 Å². The molecule has 26 heavy (non-hydrogen) atoms. The smallest absolute Gasteiger partial charge is 0.233 e. The summed E-state index contributed by atoms with van der Waals surface area (Å²) >= 11 is 1.48. The Morgan fingerprint density at radius 3 is 2.81 bits per heavy atom. The summed E-state index contributed by atoms with van der Waals surface area (Å²) in [5, 5.41) is 0.642. The molecule has 0 radical (unpaired) electrons. The maximum atomic E-state index is 14.0. The number of carbonyl (C=O) groups excluding carboxylic acids is 1. The fourth-order valence-electron chi connectivity index (χ4n) is 3.15. The van der Waals surface area contributed by atoms with E-state index < -0.39 is 0 Å². The molecular formula is C20H19FN2O2S. The number of nitrogens with zero attached hydrogens (tertiary/aromatic N) is 2. The van der Waals surface area contributed by atoms with Crippen molar-refractivity contribution in [3.63, 3.8) is 0 Å². The van der Waals surface area contributed by atoms with Crippen LogP contribution in [0, 0.1) is 5.82 Å². The summed E-state index contributed by atoms with van der Waals surface area (Å²) in [5.41, 5.74) is 1.26. The van der Waals surface area contributed by atoms with Crippen molar-refractivity contribution in [3.05, 3.63) is 59.9 Å². The Kier molecular flexibility index (Phi) is 4.95. The van der Waals surface area contributed by atoms with Gasteiger partial charge in [0, 0.05) is 6.61 Å². The van der Waals surface area contributed by atoms with Gasteiger partial charge in [0.2, 0.25) is 5.91 Å². The van der Waals surface area contributed by atoms with Crippen molar-refractivity contribution in [3.8, 4) is 0 Å². The van der Waals surface area contributed by atoms with Crippen LogP contribution < -0.4 is 4.90 Å². The molecule has 6 heteroatoms. The lowest BCUT2D eigenvalue weighted by molar-refractivity contribution is -0.118. The summed E-state index contributed by atoms with van der Waals surface area (Å²) in [5.74, 6) is -0.521. The van der Waals surface area contributed by atoms with Gasteiger partial charge in [-0.3, -0.25) is 9.69 Å². The van der Waals surface area contributed by atoms with E-state index in [1.165, 1.54) is 17.4 Å². The van der Waals surface area contributed by atoms with Gasteiger partial charge in [0.05, 0.1) is 29.3 Å². The summed E-state index contributed by atoms with van der Waals surface area (Å²) < 4.78 is 20.7. The van der Waals surface area contributed by atoms with Crippen LogP contribution in [0.4, 0.5) is 9.52 Å². The van der Waals surface area contributed by atoms with Crippen LogP contribution in [-0.2, 0) is 16.0 Å². The van der Waals surface area contributed by atoms with E-state index in [0.717, 1.165) is 29.7 Å². The lowest BCUT2D eigenvalue weighted by Crippen LogP contribution is -2.38. The molecule has 1 amide bonds. The maximum Gasteiger partial charge on any atom is 0.233 e. The van der Waals surface area contributed by atoms with E-state index in [2.05, 4.69) is 4.98 Å². The third-order valence-electron chi connectivity index (χ3n) is 4.52. The van der Waals surface area contributed by atoms with Gasteiger partial charge in [0.25, 0.3) is 0 Å². The minimum atomic E-state index is -0.359.